The highest BCUT2D eigenvalue weighted by molar-refractivity contribution is 5.76. The van der Waals surface area contributed by atoms with Gasteiger partial charge in [0.1, 0.15) is 6.04 Å². The van der Waals surface area contributed by atoms with E-state index in [0.29, 0.717) is 6.04 Å². The highest BCUT2D eigenvalue weighted by Crippen LogP contribution is 2.20. The summed E-state index contributed by atoms with van der Waals surface area (Å²) in [4.78, 5) is 16.0. The molecular weight excluding hydrogens is 168 g/mol. The molecule has 0 N–H and O–H groups in total. The minimum atomic E-state index is -0.0865. The molecule has 0 amide bonds. The molecule has 2 bridgehead atoms. The van der Waals surface area contributed by atoms with Crippen LogP contribution in [0.2, 0.25) is 0 Å². The zero-order valence-electron chi connectivity index (χ0n) is 8.19. The fraction of sp³-hybridized carbons (Fsp3) is 0.889. The summed E-state index contributed by atoms with van der Waals surface area (Å²) in [6.07, 6.45) is 0. The van der Waals surface area contributed by atoms with Crippen LogP contribution in [0.5, 0.6) is 0 Å². The summed E-state index contributed by atoms with van der Waals surface area (Å²) in [5.74, 6) is -0.0865. The Hall–Kier alpha value is -0.610. The summed E-state index contributed by atoms with van der Waals surface area (Å²) in [5, 5.41) is 0. The molecule has 0 aromatic rings. The van der Waals surface area contributed by atoms with E-state index in [0.717, 1.165) is 26.2 Å². The number of carbonyl (C=O) groups excluding carboxylic acids is 1. The van der Waals surface area contributed by atoms with Crippen molar-refractivity contribution in [2.24, 2.45) is 0 Å². The summed E-state index contributed by atoms with van der Waals surface area (Å²) in [6.45, 7) is 6.14. The number of ether oxygens (including phenoxy) is 1. The van der Waals surface area contributed by atoms with Crippen molar-refractivity contribution in [3.8, 4) is 0 Å². The van der Waals surface area contributed by atoms with Crippen molar-refractivity contribution < 1.29 is 9.53 Å². The lowest BCUT2D eigenvalue weighted by molar-refractivity contribution is -0.154. The molecule has 0 aromatic heterocycles. The van der Waals surface area contributed by atoms with Gasteiger partial charge in [0, 0.05) is 32.2 Å². The zero-order chi connectivity index (χ0) is 9.42. The van der Waals surface area contributed by atoms with Crippen LogP contribution in [0.4, 0.5) is 0 Å². The number of piperazine rings is 3. The van der Waals surface area contributed by atoms with Crippen LogP contribution < -0.4 is 0 Å². The Balaban J connectivity index is 2.06. The largest absolute Gasteiger partial charge is 0.468 e. The average Bonchev–Trinajstić information content (AvgIpc) is 2.17. The zero-order valence-corrected chi connectivity index (χ0v) is 8.19. The van der Waals surface area contributed by atoms with E-state index < -0.39 is 0 Å². The Kier molecular flexibility index (Phi) is 2.26. The van der Waals surface area contributed by atoms with Gasteiger partial charge in [0.05, 0.1) is 7.11 Å². The minimum Gasteiger partial charge on any atom is -0.468 e. The lowest BCUT2D eigenvalue weighted by Crippen LogP contribution is -2.66. The van der Waals surface area contributed by atoms with Crippen LogP contribution in [-0.2, 0) is 9.53 Å². The summed E-state index contributed by atoms with van der Waals surface area (Å²) in [5.41, 5.74) is 0. The van der Waals surface area contributed by atoms with Gasteiger partial charge in [-0.1, -0.05) is 0 Å². The van der Waals surface area contributed by atoms with Crippen LogP contribution >= 0.6 is 0 Å². The average molecular weight is 184 g/mol. The molecule has 3 fully saturated rings. The molecule has 13 heavy (non-hydrogen) atoms. The Morgan fingerprint density at radius 2 is 2.00 bits per heavy atom. The molecule has 0 aromatic carbocycles. The molecule has 4 atom stereocenters. The number of carbonyl (C=O) groups is 1. The quantitative estimate of drug-likeness (QED) is 0.517. The van der Waals surface area contributed by atoms with Gasteiger partial charge in [0.15, 0.2) is 0 Å². The Morgan fingerprint density at radius 3 is 2.46 bits per heavy atom. The molecule has 0 radical (unpaired) electrons. The van der Waals surface area contributed by atoms with Gasteiger partial charge in [-0.15, -0.1) is 0 Å². The van der Waals surface area contributed by atoms with Gasteiger partial charge in [0.25, 0.3) is 0 Å². The summed E-state index contributed by atoms with van der Waals surface area (Å²) in [6, 6.07) is 0.574. The van der Waals surface area contributed by atoms with Crippen molar-refractivity contribution in [1.29, 1.82) is 0 Å². The van der Waals surface area contributed by atoms with Crippen molar-refractivity contribution in [2.45, 2.75) is 19.0 Å². The summed E-state index contributed by atoms with van der Waals surface area (Å²) >= 11 is 0. The topological polar surface area (TPSA) is 32.8 Å². The van der Waals surface area contributed by atoms with E-state index in [4.69, 9.17) is 4.74 Å². The standard InChI is InChI=1S/C9H16N2O2/c1-7-5-11-4-3-10(7)6-8(11)9(12)13-2/h7-8H,3-6H2,1-2H3. The number of fused-ring (bicyclic) bond motifs is 3. The van der Waals surface area contributed by atoms with Gasteiger partial charge in [-0.05, 0) is 6.92 Å². The van der Waals surface area contributed by atoms with Crippen LogP contribution in [0.25, 0.3) is 0 Å². The molecule has 0 saturated carbocycles. The fourth-order valence-electron chi connectivity index (χ4n) is 2.27. The Labute approximate surface area is 78.4 Å². The molecule has 3 saturated heterocycles. The number of hydrogen-bond donors (Lipinski definition) is 0. The van der Waals surface area contributed by atoms with E-state index in [1.54, 1.807) is 0 Å². The molecule has 3 heterocycles. The van der Waals surface area contributed by atoms with Gasteiger partial charge >= 0.3 is 5.97 Å². The fourth-order valence-corrected chi connectivity index (χ4v) is 2.27. The molecular formula is C9H16N2O2. The maximum Gasteiger partial charge on any atom is 0.324 e. The lowest BCUT2D eigenvalue weighted by Gasteiger charge is -2.49. The lowest BCUT2D eigenvalue weighted by atomic mass is 10.0. The molecule has 0 spiro atoms. The molecule has 4 unspecified atom stereocenters. The van der Waals surface area contributed by atoms with Gasteiger partial charge in [0.2, 0.25) is 0 Å². The highest BCUT2D eigenvalue weighted by atomic mass is 16.5. The highest BCUT2D eigenvalue weighted by Gasteiger charge is 2.40. The number of rotatable bonds is 1. The predicted molar refractivity (Wildman–Crippen MR) is 48.4 cm³/mol. The van der Waals surface area contributed by atoms with Crippen molar-refractivity contribution in [3.63, 3.8) is 0 Å². The van der Waals surface area contributed by atoms with E-state index in [1.807, 2.05) is 0 Å². The van der Waals surface area contributed by atoms with E-state index in [1.165, 1.54) is 7.11 Å². The van der Waals surface area contributed by atoms with Crippen molar-refractivity contribution in [1.82, 2.24) is 9.80 Å². The van der Waals surface area contributed by atoms with Gasteiger partial charge in [-0.2, -0.15) is 0 Å². The molecule has 74 valence electrons. The molecule has 4 heteroatoms. The van der Waals surface area contributed by atoms with Gasteiger partial charge in [-0.3, -0.25) is 14.6 Å². The van der Waals surface area contributed by atoms with E-state index in [-0.39, 0.29) is 12.0 Å². The van der Waals surface area contributed by atoms with Gasteiger partial charge in [-0.25, -0.2) is 0 Å². The van der Waals surface area contributed by atoms with Crippen LogP contribution in [0.15, 0.2) is 0 Å². The second-order valence-corrected chi connectivity index (χ2v) is 3.88. The normalized spacial score (nSPS) is 43.2. The van der Waals surface area contributed by atoms with Crippen LogP contribution in [0.1, 0.15) is 6.92 Å². The van der Waals surface area contributed by atoms with E-state index in [2.05, 4.69) is 16.7 Å². The Bertz CT molecular complexity index is 220. The van der Waals surface area contributed by atoms with Crippen LogP contribution in [0, 0.1) is 0 Å². The summed E-state index contributed by atoms with van der Waals surface area (Å²) < 4.78 is 4.77. The molecule has 3 aliphatic rings. The van der Waals surface area contributed by atoms with Crippen molar-refractivity contribution in [3.05, 3.63) is 0 Å². The number of nitrogens with zero attached hydrogens (tertiary/aromatic N) is 2. The molecule has 4 nitrogen and oxygen atoms in total. The minimum absolute atomic E-state index is 0.0186. The summed E-state index contributed by atoms with van der Waals surface area (Å²) in [7, 11) is 1.46. The van der Waals surface area contributed by atoms with Crippen LogP contribution in [0.3, 0.4) is 0 Å². The third-order valence-corrected chi connectivity index (χ3v) is 3.12. The van der Waals surface area contributed by atoms with Gasteiger partial charge < -0.3 is 4.74 Å². The third kappa shape index (κ3) is 1.44. The first-order valence-corrected chi connectivity index (χ1v) is 4.78. The predicted octanol–water partition coefficient (Wildman–Crippen LogP) is -0.452. The van der Waals surface area contributed by atoms with E-state index >= 15 is 0 Å². The second kappa shape index (κ2) is 3.27. The molecule has 3 aliphatic heterocycles. The van der Waals surface area contributed by atoms with Crippen LogP contribution in [-0.4, -0.2) is 61.1 Å². The maximum atomic E-state index is 11.4. The number of esters is 1. The molecule has 3 rings (SSSR count). The monoisotopic (exact) mass is 184 g/mol. The number of methoxy groups -OCH3 is 1. The molecule has 0 aliphatic carbocycles. The third-order valence-electron chi connectivity index (χ3n) is 3.12. The first-order chi connectivity index (χ1) is 6.22. The van der Waals surface area contributed by atoms with Crippen molar-refractivity contribution in [2.75, 3.05) is 33.3 Å². The number of hydrogen-bond acceptors (Lipinski definition) is 4. The maximum absolute atomic E-state index is 11.4. The van der Waals surface area contributed by atoms with Crippen molar-refractivity contribution >= 4 is 5.97 Å². The Morgan fingerprint density at radius 1 is 1.31 bits per heavy atom. The van der Waals surface area contributed by atoms with E-state index in [9.17, 15) is 4.79 Å². The SMILES string of the molecule is COC(=O)C1CN2CCN1CC2C. The first kappa shape index (κ1) is 8.97. The first-order valence-electron chi connectivity index (χ1n) is 4.78. The smallest absolute Gasteiger partial charge is 0.324 e. The second-order valence-electron chi connectivity index (χ2n) is 3.88.